The Morgan fingerprint density at radius 1 is 1.50 bits per heavy atom. The van der Waals surface area contributed by atoms with E-state index in [9.17, 15) is 4.79 Å². The number of furan rings is 1. The first-order valence-electron chi connectivity index (χ1n) is 5.66. The van der Waals surface area contributed by atoms with Crippen LogP contribution in [0.1, 0.15) is 21.6 Å². The Morgan fingerprint density at radius 2 is 2.39 bits per heavy atom. The van der Waals surface area contributed by atoms with Crippen LogP contribution in [-0.2, 0) is 13.0 Å². The summed E-state index contributed by atoms with van der Waals surface area (Å²) in [7, 11) is 0. The molecule has 0 fully saturated rings. The lowest BCUT2D eigenvalue weighted by Gasteiger charge is -2.27. The van der Waals surface area contributed by atoms with Gasteiger partial charge in [0.1, 0.15) is 6.26 Å². The Hall–Kier alpha value is -2.37. The lowest BCUT2D eigenvalue weighted by atomic mass is 10.1. The quantitative estimate of drug-likeness (QED) is 0.803. The standard InChI is InChI=1S/C12H12N4O2/c13-12-14-5-9-6-16(3-1-10(9)15-12)11(17)8-2-4-18-7-8/h2,4-5,7H,1,3,6H2,(H2,13,14,15). The molecule has 0 saturated carbocycles. The van der Waals surface area contributed by atoms with Crippen molar-refractivity contribution in [3.8, 4) is 0 Å². The van der Waals surface area contributed by atoms with E-state index in [0.29, 0.717) is 25.1 Å². The van der Waals surface area contributed by atoms with Crippen LogP contribution in [0, 0.1) is 0 Å². The fraction of sp³-hybridized carbons (Fsp3) is 0.250. The summed E-state index contributed by atoms with van der Waals surface area (Å²) >= 11 is 0. The van der Waals surface area contributed by atoms with Gasteiger partial charge in [0.05, 0.1) is 17.5 Å². The van der Waals surface area contributed by atoms with E-state index in [1.165, 1.54) is 12.5 Å². The Balaban J connectivity index is 1.83. The SMILES string of the molecule is Nc1ncc2c(n1)CCN(C(=O)c1ccoc1)C2. The lowest BCUT2D eigenvalue weighted by molar-refractivity contribution is 0.0732. The van der Waals surface area contributed by atoms with Gasteiger partial charge in [-0.1, -0.05) is 0 Å². The molecule has 0 spiro atoms. The molecular formula is C12H12N4O2. The second-order valence-electron chi connectivity index (χ2n) is 4.19. The van der Waals surface area contributed by atoms with Gasteiger partial charge in [-0.25, -0.2) is 9.97 Å². The van der Waals surface area contributed by atoms with E-state index in [4.69, 9.17) is 10.2 Å². The van der Waals surface area contributed by atoms with Crippen molar-refractivity contribution in [1.29, 1.82) is 0 Å². The summed E-state index contributed by atoms with van der Waals surface area (Å²) in [5, 5.41) is 0. The van der Waals surface area contributed by atoms with Crippen molar-refractivity contribution < 1.29 is 9.21 Å². The molecule has 0 bridgehead atoms. The largest absolute Gasteiger partial charge is 0.472 e. The van der Waals surface area contributed by atoms with Crippen molar-refractivity contribution in [3.63, 3.8) is 0 Å². The van der Waals surface area contributed by atoms with Crippen LogP contribution in [-0.4, -0.2) is 27.3 Å². The molecule has 92 valence electrons. The third kappa shape index (κ3) is 1.81. The molecule has 2 aromatic heterocycles. The molecule has 6 heteroatoms. The Kier molecular flexibility index (Phi) is 2.47. The Labute approximate surface area is 103 Å². The van der Waals surface area contributed by atoms with Crippen LogP contribution in [0.5, 0.6) is 0 Å². The fourth-order valence-corrected chi connectivity index (χ4v) is 2.07. The number of amides is 1. The molecule has 0 aliphatic carbocycles. The summed E-state index contributed by atoms with van der Waals surface area (Å²) in [6.45, 7) is 1.15. The maximum absolute atomic E-state index is 12.1. The third-order valence-electron chi connectivity index (χ3n) is 3.01. The first kappa shape index (κ1) is 10.8. The second kappa shape index (κ2) is 4.14. The van der Waals surface area contributed by atoms with Gasteiger partial charge < -0.3 is 15.1 Å². The van der Waals surface area contributed by atoms with Crippen LogP contribution < -0.4 is 5.73 Å². The van der Waals surface area contributed by atoms with Crippen LogP contribution in [0.4, 0.5) is 5.95 Å². The smallest absolute Gasteiger partial charge is 0.257 e. The summed E-state index contributed by atoms with van der Waals surface area (Å²) in [4.78, 5) is 22.0. The molecule has 0 radical (unpaired) electrons. The van der Waals surface area contributed by atoms with E-state index in [0.717, 1.165) is 11.3 Å². The van der Waals surface area contributed by atoms with Gasteiger partial charge in [-0.05, 0) is 6.07 Å². The number of fused-ring (bicyclic) bond motifs is 1. The number of nitrogens with zero attached hydrogens (tertiary/aromatic N) is 3. The average molecular weight is 244 g/mol. The minimum Gasteiger partial charge on any atom is -0.472 e. The van der Waals surface area contributed by atoms with E-state index in [1.807, 2.05) is 0 Å². The van der Waals surface area contributed by atoms with Crippen LogP contribution >= 0.6 is 0 Å². The highest BCUT2D eigenvalue weighted by molar-refractivity contribution is 5.93. The van der Waals surface area contributed by atoms with Crippen molar-refractivity contribution in [3.05, 3.63) is 41.6 Å². The van der Waals surface area contributed by atoms with E-state index in [1.54, 1.807) is 17.2 Å². The third-order valence-corrected chi connectivity index (χ3v) is 3.01. The molecule has 2 aromatic rings. The number of carbonyl (C=O) groups excluding carboxylic acids is 1. The second-order valence-corrected chi connectivity index (χ2v) is 4.19. The summed E-state index contributed by atoms with van der Waals surface area (Å²) < 4.78 is 4.92. The molecule has 6 nitrogen and oxygen atoms in total. The van der Waals surface area contributed by atoms with Crippen molar-refractivity contribution in [2.45, 2.75) is 13.0 Å². The number of rotatable bonds is 1. The van der Waals surface area contributed by atoms with Gasteiger partial charge in [0.25, 0.3) is 5.91 Å². The van der Waals surface area contributed by atoms with Crippen LogP contribution in [0.25, 0.3) is 0 Å². The van der Waals surface area contributed by atoms with Gasteiger partial charge in [0.15, 0.2) is 0 Å². The molecular weight excluding hydrogens is 232 g/mol. The van der Waals surface area contributed by atoms with E-state index in [2.05, 4.69) is 9.97 Å². The molecule has 3 rings (SSSR count). The van der Waals surface area contributed by atoms with E-state index < -0.39 is 0 Å². The summed E-state index contributed by atoms with van der Waals surface area (Å²) in [6, 6.07) is 1.66. The van der Waals surface area contributed by atoms with E-state index in [-0.39, 0.29) is 11.9 Å². The number of nitrogen functional groups attached to an aromatic ring is 1. The van der Waals surface area contributed by atoms with Crippen molar-refractivity contribution in [2.24, 2.45) is 0 Å². The van der Waals surface area contributed by atoms with Gasteiger partial charge in [-0.15, -0.1) is 0 Å². The topological polar surface area (TPSA) is 85.2 Å². The molecule has 0 unspecified atom stereocenters. The molecule has 3 heterocycles. The number of hydrogen-bond acceptors (Lipinski definition) is 5. The number of hydrogen-bond donors (Lipinski definition) is 1. The van der Waals surface area contributed by atoms with Gasteiger partial charge in [-0.2, -0.15) is 0 Å². The minimum atomic E-state index is -0.0359. The van der Waals surface area contributed by atoms with Crippen LogP contribution in [0.3, 0.4) is 0 Å². The molecule has 18 heavy (non-hydrogen) atoms. The van der Waals surface area contributed by atoms with E-state index >= 15 is 0 Å². The van der Waals surface area contributed by atoms with Gasteiger partial charge >= 0.3 is 0 Å². The normalized spacial score (nSPS) is 14.3. The lowest BCUT2D eigenvalue weighted by Crippen LogP contribution is -2.36. The summed E-state index contributed by atoms with van der Waals surface area (Å²) in [6.07, 6.45) is 5.34. The van der Waals surface area contributed by atoms with Gasteiger partial charge in [0.2, 0.25) is 5.95 Å². The number of nitrogens with two attached hydrogens (primary N) is 1. The first-order valence-corrected chi connectivity index (χ1v) is 5.66. The highest BCUT2D eigenvalue weighted by atomic mass is 16.3. The number of anilines is 1. The monoisotopic (exact) mass is 244 g/mol. The fourth-order valence-electron chi connectivity index (χ4n) is 2.07. The molecule has 1 aliphatic rings. The molecule has 0 atom stereocenters. The minimum absolute atomic E-state index is 0.0359. The predicted molar refractivity (Wildman–Crippen MR) is 63.6 cm³/mol. The first-order chi connectivity index (χ1) is 8.74. The number of carbonyl (C=O) groups is 1. The van der Waals surface area contributed by atoms with Crippen LogP contribution in [0.2, 0.25) is 0 Å². The summed E-state index contributed by atoms with van der Waals surface area (Å²) in [5.41, 5.74) is 7.98. The van der Waals surface area contributed by atoms with Gasteiger partial charge in [-0.3, -0.25) is 4.79 Å². The molecule has 0 saturated heterocycles. The zero-order chi connectivity index (χ0) is 12.5. The molecule has 1 amide bonds. The number of aromatic nitrogens is 2. The highest BCUT2D eigenvalue weighted by Crippen LogP contribution is 2.19. The van der Waals surface area contributed by atoms with Crippen molar-refractivity contribution in [1.82, 2.24) is 14.9 Å². The highest BCUT2D eigenvalue weighted by Gasteiger charge is 2.23. The predicted octanol–water partition coefficient (Wildman–Crippen LogP) is 0.850. The molecule has 1 aliphatic heterocycles. The maximum atomic E-state index is 12.1. The maximum Gasteiger partial charge on any atom is 0.257 e. The Bertz CT molecular complexity index is 580. The average Bonchev–Trinajstić information content (AvgIpc) is 2.91. The van der Waals surface area contributed by atoms with Gasteiger partial charge in [0, 0.05) is 31.3 Å². The summed E-state index contributed by atoms with van der Waals surface area (Å²) in [5.74, 6) is 0.245. The Morgan fingerprint density at radius 3 is 3.17 bits per heavy atom. The zero-order valence-electron chi connectivity index (χ0n) is 9.67. The van der Waals surface area contributed by atoms with Crippen molar-refractivity contribution in [2.75, 3.05) is 12.3 Å². The van der Waals surface area contributed by atoms with Crippen molar-refractivity contribution >= 4 is 11.9 Å². The van der Waals surface area contributed by atoms with Crippen LogP contribution in [0.15, 0.2) is 29.2 Å². The zero-order valence-corrected chi connectivity index (χ0v) is 9.67. The molecule has 0 aromatic carbocycles. The molecule has 2 N–H and O–H groups in total.